The first-order valence-electron chi connectivity index (χ1n) is 7.71. The van der Waals surface area contributed by atoms with Crippen molar-refractivity contribution in [3.8, 4) is 5.69 Å². The minimum atomic E-state index is 0.330. The highest BCUT2D eigenvalue weighted by Crippen LogP contribution is 2.31. The van der Waals surface area contributed by atoms with Crippen LogP contribution >= 0.6 is 0 Å². The summed E-state index contributed by atoms with van der Waals surface area (Å²) in [6.45, 7) is 2.15. The summed E-state index contributed by atoms with van der Waals surface area (Å²) in [6, 6.07) is 18.9. The summed E-state index contributed by atoms with van der Waals surface area (Å²) >= 11 is 0. The van der Waals surface area contributed by atoms with Gasteiger partial charge in [-0.3, -0.25) is 4.57 Å². The van der Waals surface area contributed by atoms with Crippen molar-refractivity contribution in [2.75, 3.05) is 0 Å². The van der Waals surface area contributed by atoms with Gasteiger partial charge in [-0.25, -0.2) is 4.98 Å². The van der Waals surface area contributed by atoms with E-state index in [0.717, 1.165) is 17.8 Å². The Morgan fingerprint density at radius 1 is 1.00 bits per heavy atom. The number of aromatic nitrogens is 2. The Balaban J connectivity index is 1.93. The van der Waals surface area contributed by atoms with Crippen LogP contribution in [0.1, 0.15) is 25.1 Å². The number of hydrogen-bond donors (Lipinski definition) is 0. The number of nitrogens with zero attached hydrogens (tertiary/aromatic N) is 2. The first-order valence-corrected chi connectivity index (χ1v) is 7.71. The van der Waals surface area contributed by atoms with E-state index in [-0.39, 0.29) is 0 Å². The van der Waals surface area contributed by atoms with Gasteiger partial charge in [0.05, 0.1) is 11.0 Å². The molecule has 2 nitrogen and oxygen atoms in total. The van der Waals surface area contributed by atoms with E-state index in [0.29, 0.717) is 5.92 Å². The van der Waals surface area contributed by atoms with Crippen molar-refractivity contribution in [3.63, 3.8) is 0 Å². The first-order chi connectivity index (χ1) is 10.8. The second-order valence-electron chi connectivity index (χ2n) is 5.78. The third kappa shape index (κ3) is 2.17. The lowest BCUT2D eigenvalue weighted by molar-refractivity contribution is 0.754. The lowest BCUT2D eigenvalue weighted by Crippen LogP contribution is -2.07. The summed E-state index contributed by atoms with van der Waals surface area (Å²) in [6.07, 6.45) is 7.77. The summed E-state index contributed by atoms with van der Waals surface area (Å²) in [5, 5.41) is 0. The van der Waals surface area contributed by atoms with Crippen molar-refractivity contribution in [1.82, 2.24) is 9.55 Å². The predicted molar refractivity (Wildman–Crippen MR) is 91.3 cm³/mol. The maximum Gasteiger partial charge on any atom is 0.121 e. The van der Waals surface area contributed by atoms with E-state index in [9.17, 15) is 0 Å². The molecule has 1 aliphatic rings. The Morgan fingerprint density at radius 2 is 1.77 bits per heavy atom. The SMILES string of the molecule is CC1=CCC(c2nc3ccccc3n2-c2ccccc2)C=C1. The maximum atomic E-state index is 4.92. The third-order valence-corrected chi connectivity index (χ3v) is 4.22. The van der Waals surface area contributed by atoms with Crippen LogP contribution in [-0.2, 0) is 0 Å². The summed E-state index contributed by atoms with van der Waals surface area (Å²) in [7, 11) is 0. The fraction of sp³-hybridized carbons (Fsp3) is 0.150. The van der Waals surface area contributed by atoms with Crippen LogP contribution in [-0.4, -0.2) is 9.55 Å². The minimum Gasteiger partial charge on any atom is -0.296 e. The van der Waals surface area contributed by atoms with Crippen LogP contribution in [0.2, 0.25) is 0 Å². The Hall–Kier alpha value is -2.61. The monoisotopic (exact) mass is 286 g/mol. The average molecular weight is 286 g/mol. The Morgan fingerprint density at radius 3 is 2.55 bits per heavy atom. The minimum absolute atomic E-state index is 0.330. The molecule has 4 rings (SSSR count). The molecule has 0 radical (unpaired) electrons. The molecule has 0 N–H and O–H groups in total. The van der Waals surface area contributed by atoms with E-state index in [2.05, 4.69) is 84.3 Å². The summed E-state index contributed by atoms with van der Waals surface area (Å²) < 4.78 is 2.29. The van der Waals surface area contributed by atoms with E-state index >= 15 is 0 Å². The molecule has 1 unspecified atom stereocenters. The lowest BCUT2D eigenvalue weighted by Gasteiger charge is -2.17. The van der Waals surface area contributed by atoms with Crippen molar-refractivity contribution in [2.24, 2.45) is 0 Å². The molecule has 2 heteroatoms. The van der Waals surface area contributed by atoms with Crippen LogP contribution in [0.3, 0.4) is 0 Å². The molecule has 1 aromatic heterocycles. The van der Waals surface area contributed by atoms with Gasteiger partial charge in [0.2, 0.25) is 0 Å². The molecule has 1 aliphatic carbocycles. The third-order valence-electron chi connectivity index (χ3n) is 4.22. The highest BCUT2D eigenvalue weighted by atomic mass is 15.1. The van der Waals surface area contributed by atoms with Gasteiger partial charge in [-0.1, -0.05) is 54.1 Å². The molecule has 0 spiro atoms. The molecule has 1 heterocycles. The zero-order valence-electron chi connectivity index (χ0n) is 12.6. The van der Waals surface area contributed by atoms with Crippen molar-refractivity contribution < 1.29 is 0 Å². The molecule has 0 saturated carbocycles. The highest BCUT2D eigenvalue weighted by Gasteiger charge is 2.19. The van der Waals surface area contributed by atoms with E-state index in [4.69, 9.17) is 4.98 Å². The molecule has 0 fully saturated rings. The van der Waals surface area contributed by atoms with Crippen molar-refractivity contribution in [2.45, 2.75) is 19.3 Å². The fourth-order valence-electron chi connectivity index (χ4n) is 3.06. The van der Waals surface area contributed by atoms with Crippen LogP contribution in [0.25, 0.3) is 16.7 Å². The van der Waals surface area contributed by atoms with Gasteiger partial charge >= 0.3 is 0 Å². The Kier molecular flexibility index (Phi) is 3.15. The van der Waals surface area contributed by atoms with Gasteiger partial charge in [-0.05, 0) is 37.6 Å². The van der Waals surface area contributed by atoms with Gasteiger partial charge in [-0.15, -0.1) is 0 Å². The molecule has 22 heavy (non-hydrogen) atoms. The van der Waals surface area contributed by atoms with Crippen molar-refractivity contribution in [1.29, 1.82) is 0 Å². The number of benzene rings is 2. The van der Waals surface area contributed by atoms with Crippen LogP contribution in [0.15, 0.2) is 78.4 Å². The van der Waals surface area contributed by atoms with Gasteiger partial charge in [0.25, 0.3) is 0 Å². The average Bonchev–Trinajstić information content (AvgIpc) is 2.96. The molecular formula is C20H18N2. The maximum absolute atomic E-state index is 4.92. The molecule has 0 bridgehead atoms. The molecular weight excluding hydrogens is 268 g/mol. The van der Waals surface area contributed by atoms with Crippen LogP contribution < -0.4 is 0 Å². The van der Waals surface area contributed by atoms with Gasteiger partial charge in [0.1, 0.15) is 5.82 Å². The van der Waals surface area contributed by atoms with Gasteiger partial charge < -0.3 is 0 Å². The highest BCUT2D eigenvalue weighted by molar-refractivity contribution is 5.78. The first kappa shape index (κ1) is 13.1. The molecule has 3 aromatic rings. The number of hydrogen-bond acceptors (Lipinski definition) is 1. The lowest BCUT2D eigenvalue weighted by atomic mass is 9.96. The normalized spacial score (nSPS) is 17.7. The zero-order valence-corrected chi connectivity index (χ0v) is 12.6. The van der Waals surface area contributed by atoms with Gasteiger partial charge in [-0.2, -0.15) is 0 Å². The number of imidazole rings is 1. The van der Waals surface area contributed by atoms with E-state index < -0.39 is 0 Å². The van der Waals surface area contributed by atoms with Crippen LogP contribution in [0.5, 0.6) is 0 Å². The summed E-state index contributed by atoms with van der Waals surface area (Å²) in [4.78, 5) is 4.92. The number of rotatable bonds is 2. The summed E-state index contributed by atoms with van der Waals surface area (Å²) in [5.74, 6) is 1.45. The molecule has 1 atom stereocenters. The van der Waals surface area contributed by atoms with E-state index in [1.165, 1.54) is 16.8 Å². The number of allylic oxidation sites excluding steroid dienone is 4. The standard InChI is InChI=1S/C20H18N2/c1-15-11-13-16(14-12-15)20-21-18-9-5-6-10-19(18)22(20)17-7-3-2-4-8-17/h2-13,16H,14H2,1H3. The van der Waals surface area contributed by atoms with E-state index in [1.807, 2.05) is 0 Å². The Bertz CT molecular complexity index is 869. The van der Waals surface area contributed by atoms with Crippen LogP contribution in [0.4, 0.5) is 0 Å². The van der Waals surface area contributed by atoms with Crippen LogP contribution in [0, 0.1) is 0 Å². The quantitative estimate of drug-likeness (QED) is 0.647. The molecule has 0 amide bonds. The Labute approximate surface area is 130 Å². The molecule has 0 saturated heterocycles. The second kappa shape index (κ2) is 5.30. The van der Waals surface area contributed by atoms with Crippen molar-refractivity contribution in [3.05, 3.63) is 84.2 Å². The number of fused-ring (bicyclic) bond motifs is 1. The van der Waals surface area contributed by atoms with Gasteiger partial charge in [0.15, 0.2) is 0 Å². The smallest absolute Gasteiger partial charge is 0.121 e. The zero-order chi connectivity index (χ0) is 14.9. The molecule has 2 aromatic carbocycles. The topological polar surface area (TPSA) is 17.8 Å². The fourth-order valence-corrected chi connectivity index (χ4v) is 3.06. The number of para-hydroxylation sites is 3. The molecule has 108 valence electrons. The predicted octanol–water partition coefficient (Wildman–Crippen LogP) is 5.02. The second-order valence-corrected chi connectivity index (χ2v) is 5.78. The van der Waals surface area contributed by atoms with Gasteiger partial charge in [0, 0.05) is 11.6 Å². The molecule has 0 aliphatic heterocycles. The summed E-state index contributed by atoms with van der Waals surface area (Å²) in [5.41, 5.74) is 4.73. The van der Waals surface area contributed by atoms with Crippen molar-refractivity contribution >= 4 is 11.0 Å². The van der Waals surface area contributed by atoms with E-state index in [1.54, 1.807) is 0 Å². The largest absolute Gasteiger partial charge is 0.296 e.